The Bertz CT molecular complexity index is 710. The lowest BCUT2D eigenvalue weighted by atomic mass is 10.2. The van der Waals surface area contributed by atoms with Crippen molar-refractivity contribution in [2.75, 3.05) is 13.2 Å². The number of para-hydroxylation sites is 1. The molecule has 0 atom stereocenters. The van der Waals surface area contributed by atoms with E-state index in [-0.39, 0.29) is 30.3 Å². The van der Waals surface area contributed by atoms with Gasteiger partial charge in [-0.1, -0.05) is 12.1 Å². The topological polar surface area (TPSA) is 116 Å². The molecule has 20 heavy (non-hydrogen) atoms. The molecule has 0 aliphatic carbocycles. The molecule has 1 aromatic carbocycles. The van der Waals surface area contributed by atoms with E-state index < -0.39 is 0 Å². The zero-order valence-electron chi connectivity index (χ0n) is 10.6. The first-order chi connectivity index (χ1) is 9.67. The summed E-state index contributed by atoms with van der Waals surface area (Å²) in [5.41, 5.74) is 1.20. The number of benzene rings is 1. The molecule has 0 bridgehead atoms. The molecule has 0 amide bonds. The van der Waals surface area contributed by atoms with Gasteiger partial charge in [0, 0.05) is 17.4 Å². The smallest absolute Gasteiger partial charge is 0.148 e. The minimum Gasteiger partial charge on any atom is -0.505 e. The summed E-state index contributed by atoms with van der Waals surface area (Å²) in [4.78, 5) is 2.99. The molecule has 0 aliphatic heterocycles. The van der Waals surface area contributed by atoms with Gasteiger partial charge < -0.3 is 20.5 Å². The summed E-state index contributed by atoms with van der Waals surface area (Å²) in [6.07, 6.45) is 1.40. The maximum absolute atomic E-state index is 10.1. The minimum atomic E-state index is -0.126. The lowest BCUT2D eigenvalue weighted by molar-refractivity contribution is 0.300. The van der Waals surface area contributed by atoms with Gasteiger partial charge in [0.05, 0.1) is 17.9 Å². The van der Waals surface area contributed by atoms with Crippen molar-refractivity contribution in [2.24, 2.45) is 0 Å². The predicted molar refractivity (Wildman–Crippen MR) is 76.4 cm³/mol. The number of rotatable bonds is 4. The number of nitrogens with one attached hydrogen (secondary N) is 3. The highest BCUT2D eigenvalue weighted by atomic mass is 16.3. The summed E-state index contributed by atoms with van der Waals surface area (Å²) in [6.45, 7) is 0.0647. The fourth-order valence-electron chi connectivity index (χ4n) is 1.83. The van der Waals surface area contributed by atoms with Crippen LogP contribution < -0.4 is 5.32 Å². The van der Waals surface area contributed by atoms with Crippen molar-refractivity contribution >= 4 is 22.8 Å². The molecule has 0 aliphatic rings. The Balaban J connectivity index is 2.37. The predicted octanol–water partition coefficient (Wildman–Crippen LogP) is 1.34. The van der Waals surface area contributed by atoms with Crippen molar-refractivity contribution in [3.63, 3.8) is 0 Å². The number of amidine groups is 1. The van der Waals surface area contributed by atoms with Crippen LogP contribution in [0.2, 0.25) is 0 Å². The molecule has 0 fully saturated rings. The van der Waals surface area contributed by atoms with Gasteiger partial charge in [-0.25, -0.2) is 0 Å². The van der Waals surface area contributed by atoms with E-state index >= 15 is 0 Å². The number of aliphatic hydroxyl groups excluding tert-OH is 1. The maximum Gasteiger partial charge on any atom is 0.148 e. The molecule has 2 aromatic rings. The second-order valence-corrected chi connectivity index (χ2v) is 4.13. The quantitative estimate of drug-likeness (QED) is 0.327. The first-order valence-corrected chi connectivity index (χ1v) is 6.02. The van der Waals surface area contributed by atoms with E-state index in [0.717, 1.165) is 5.52 Å². The number of H-pyrrole nitrogens is 1. The molecule has 0 spiro atoms. The third kappa shape index (κ3) is 2.63. The first-order valence-electron chi connectivity index (χ1n) is 6.02. The van der Waals surface area contributed by atoms with E-state index in [0.29, 0.717) is 11.1 Å². The Hall–Kier alpha value is -2.78. The standard InChI is InChI=1S/C14H14N4O2/c15-8-9(14(16)17-5-6-19)7-12-13(20)10-3-1-2-4-11(10)18-12/h1-4,7,18-20H,5-6H2,(H2,16,17)/b9-7+. The van der Waals surface area contributed by atoms with Gasteiger partial charge in [-0.05, 0) is 18.2 Å². The van der Waals surface area contributed by atoms with E-state index in [4.69, 9.17) is 15.8 Å². The van der Waals surface area contributed by atoms with E-state index in [2.05, 4.69) is 10.3 Å². The normalized spacial score (nSPS) is 11.3. The van der Waals surface area contributed by atoms with Crippen LogP contribution in [0.15, 0.2) is 29.8 Å². The molecule has 1 heterocycles. The van der Waals surface area contributed by atoms with E-state index in [9.17, 15) is 5.11 Å². The fraction of sp³-hybridized carbons (Fsp3) is 0.143. The van der Waals surface area contributed by atoms with Gasteiger partial charge in [0.25, 0.3) is 0 Å². The number of aliphatic hydroxyl groups is 1. The Morgan fingerprint density at radius 2 is 2.20 bits per heavy atom. The van der Waals surface area contributed by atoms with Gasteiger partial charge in [0.2, 0.25) is 0 Å². The Kier molecular flexibility index (Phi) is 4.03. The third-order valence-electron chi connectivity index (χ3n) is 2.80. The van der Waals surface area contributed by atoms with Crippen molar-refractivity contribution in [1.29, 1.82) is 10.7 Å². The summed E-state index contributed by atoms with van der Waals surface area (Å²) in [6, 6.07) is 9.11. The first kappa shape index (κ1) is 13.6. The number of nitrogens with zero attached hydrogens (tertiary/aromatic N) is 1. The molecule has 0 saturated carbocycles. The summed E-state index contributed by atoms with van der Waals surface area (Å²) in [5.74, 6) is -0.0529. The van der Waals surface area contributed by atoms with Gasteiger partial charge in [-0.15, -0.1) is 0 Å². The number of hydrogen-bond donors (Lipinski definition) is 5. The van der Waals surface area contributed by atoms with Crippen LogP contribution in [-0.2, 0) is 0 Å². The highest BCUT2D eigenvalue weighted by Gasteiger charge is 2.11. The fourth-order valence-corrected chi connectivity index (χ4v) is 1.83. The molecular formula is C14H14N4O2. The van der Waals surface area contributed by atoms with Crippen molar-refractivity contribution in [3.8, 4) is 11.8 Å². The van der Waals surface area contributed by atoms with E-state index in [1.165, 1.54) is 6.08 Å². The van der Waals surface area contributed by atoms with Gasteiger partial charge in [0.1, 0.15) is 17.7 Å². The molecule has 0 radical (unpaired) electrons. The zero-order valence-corrected chi connectivity index (χ0v) is 10.6. The Labute approximate surface area is 115 Å². The van der Waals surface area contributed by atoms with Crippen molar-refractivity contribution in [2.45, 2.75) is 0 Å². The second kappa shape index (κ2) is 5.91. The highest BCUT2D eigenvalue weighted by molar-refractivity contribution is 6.04. The second-order valence-electron chi connectivity index (χ2n) is 4.13. The average Bonchev–Trinajstić information content (AvgIpc) is 2.79. The number of aromatic hydroxyl groups is 1. The number of aromatic nitrogens is 1. The van der Waals surface area contributed by atoms with E-state index in [1.807, 2.05) is 18.2 Å². The van der Waals surface area contributed by atoms with Gasteiger partial charge in [0.15, 0.2) is 0 Å². The monoisotopic (exact) mass is 270 g/mol. The maximum atomic E-state index is 10.1. The van der Waals surface area contributed by atoms with Crippen molar-refractivity contribution < 1.29 is 10.2 Å². The SMILES string of the molecule is N#C/C(=C\c1[nH]c2ccccc2c1O)C(=N)NCCO. The Morgan fingerprint density at radius 1 is 1.45 bits per heavy atom. The largest absolute Gasteiger partial charge is 0.505 e. The van der Waals surface area contributed by atoms with Crippen molar-refractivity contribution in [3.05, 3.63) is 35.5 Å². The summed E-state index contributed by atoms with van der Waals surface area (Å²) < 4.78 is 0. The van der Waals surface area contributed by atoms with Gasteiger partial charge >= 0.3 is 0 Å². The highest BCUT2D eigenvalue weighted by Crippen LogP contribution is 2.29. The number of aromatic amines is 1. The molecule has 6 nitrogen and oxygen atoms in total. The number of nitriles is 1. The van der Waals surface area contributed by atoms with Crippen molar-refractivity contribution in [1.82, 2.24) is 10.3 Å². The van der Waals surface area contributed by atoms with Crippen LogP contribution in [0, 0.1) is 16.7 Å². The molecule has 102 valence electrons. The van der Waals surface area contributed by atoms with Crippen LogP contribution in [0.3, 0.4) is 0 Å². The van der Waals surface area contributed by atoms with Gasteiger partial charge in [-0.3, -0.25) is 5.41 Å². The lowest BCUT2D eigenvalue weighted by Crippen LogP contribution is -2.26. The van der Waals surface area contributed by atoms with Crippen LogP contribution in [0.4, 0.5) is 0 Å². The number of fused-ring (bicyclic) bond motifs is 1. The van der Waals surface area contributed by atoms with Crippen LogP contribution >= 0.6 is 0 Å². The molecule has 5 N–H and O–H groups in total. The summed E-state index contributed by atoms with van der Waals surface area (Å²) in [5, 5.41) is 38.8. The Morgan fingerprint density at radius 3 is 2.85 bits per heavy atom. The zero-order chi connectivity index (χ0) is 14.5. The minimum absolute atomic E-state index is 0.0447. The molecule has 6 heteroatoms. The van der Waals surface area contributed by atoms with Gasteiger partial charge in [-0.2, -0.15) is 5.26 Å². The average molecular weight is 270 g/mol. The van der Waals surface area contributed by atoms with Crippen LogP contribution in [0.1, 0.15) is 5.69 Å². The molecule has 2 rings (SSSR count). The molecular weight excluding hydrogens is 256 g/mol. The third-order valence-corrected chi connectivity index (χ3v) is 2.80. The van der Waals surface area contributed by atoms with Crippen LogP contribution in [-0.4, -0.2) is 34.2 Å². The molecule has 0 saturated heterocycles. The molecule has 0 unspecified atom stereocenters. The van der Waals surface area contributed by atoms with Crippen LogP contribution in [0.25, 0.3) is 17.0 Å². The van der Waals surface area contributed by atoms with E-state index in [1.54, 1.807) is 12.1 Å². The lowest BCUT2D eigenvalue weighted by Gasteiger charge is -2.04. The van der Waals surface area contributed by atoms with Crippen LogP contribution in [0.5, 0.6) is 5.75 Å². The summed E-state index contributed by atoms with van der Waals surface area (Å²) >= 11 is 0. The summed E-state index contributed by atoms with van der Waals surface area (Å²) in [7, 11) is 0. The molecule has 1 aromatic heterocycles. The number of hydrogen-bond acceptors (Lipinski definition) is 4.